The summed E-state index contributed by atoms with van der Waals surface area (Å²) in [6.45, 7) is 8.02. The van der Waals surface area contributed by atoms with Crippen LogP contribution in [0.4, 0.5) is 0 Å². The molecular formula is C20H29N3O2S2. The summed E-state index contributed by atoms with van der Waals surface area (Å²) >= 11 is 3.04. The summed E-state index contributed by atoms with van der Waals surface area (Å²) in [6.07, 6.45) is 6.46. The number of rotatable bonds is 6. The highest BCUT2D eigenvalue weighted by molar-refractivity contribution is 7.99. The van der Waals surface area contributed by atoms with Crippen molar-refractivity contribution in [1.82, 2.24) is 14.9 Å². The van der Waals surface area contributed by atoms with E-state index in [-0.39, 0.29) is 29.3 Å². The van der Waals surface area contributed by atoms with Gasteiger partial charge in [0, 0.05) is 17.0 Å². The van der Waals surface area contributed by atoms with Crippen LogP contribution < -0.4 is 10.9 Å². The van der Waals surface area contributed by atoms with E-state index in [2.05, 4.69) is 19.2 Å². The van der Waals surface area contributed by atoms with Gasteiger partial charge < -0.3 is 5.32 Å². The van der Waals surface area contributed by atoms with Gasteiger partial charge in [0.1, 0.15) is 4.83 Å². The van der Waals surface area contributed by atoms with Gasteiger partial charge in [0.25, 0.3) is 5.56 Å². The topological polar surface area (TPSA) is 64.0 Å². The van der Waals surface area contributed by atoms with Gasteiger partial charge in [0.2, 0.25) is 5.91 Å². The Labute approximate surface area is 169 Å². The van der Waals surface area contributed by atoms with Crippen molar-refractivity contribution < 1.29 is 4.79 Å². The van der Waals surface area contributed by atoms with Crippen molar-refractivity contribution in [3.05, 3.63) is 20.8 Å². The molecule has 1 unspecified atom stereocenters. The molecule has 148 valence electrons. The molecule has 0 bridgehead atoms. The van der Waals surface area contributed by atoms with Crippen molar-refractivity contribution >= 4 is 39.2 Å². The Kier molecular flexibility index (Phi) is 6.63. The predicted octanol–water partition coefficient (Wildman–Crippen LogP) is 4.31. The van der Waals surface area contributed by atoms with Crippen molar-refractivity contribution in [3.8, 4) is 0 Å². The SMILES string of the molecule is CCC(C)n1c(SCC(=O)NC(C)C)nc2sc3c(c2c1=O)CCCCC3. The van der Waals surface area contributed by atoms with Gasteiger partial charge in [-0.25, -0.2) is 4.98 Å². The second-order valence-electron chi connectivity index (χ2n) is 7.58. The third kappa shape index (κ3) is 4.40. The second-order valence-corrected chi connectivity index (χ2v) is 9.61. The Morgan fingerprint density at radius 3 is 2.70 bits per heavy atom. The second kappa shape index (κ2) is 8.78. The summed E-state index contributed by atoms with van der Waals surface area (Å²) in [7, 11) is 0. The van der Waals surface area contributed by atoms with Crippen molar-refractivity contribution in [3.63, 3.8) is 0 Å². The average Bonchev–Trinajstić information content (AvgIpc) is 2.80. The van der Waals surface area contributed by atoms with Gasteiger partial charge in [0.15, 0.2) is 5.16 Å². The highest BCUT2D eigenvalue weighted by atomic mass is 32.2. The van der Waals surface area contributed by atoms with Crippen LogP contribution in [0.15, 0.2) is 9.95 Å². The standard InChI is InChI=1S/C20H29N3O2S2/c1-5-13(4)23-19(25)17-14-9-7-6-8-10-15(14)27-18(17)22-20(23)26-11-16(24)21-12(2)3/h12-13H,5-11H2,1-4H3,(H,21,24). The summed E-state index contributed by atoms with van der Waals surface area (Å²) in [5.41, 5.74) is 1.30. The molecule has 1 aliphatic rings. The zero-order chi connectivity index (χ0) is 19.6. The molecule has 0 aromatic carbocycles. The third-order valence-electron chi connectivity index (χ3n) is 5.05. The first-order chi connectivity index (χ1) is 12.9. The van der Waals surface area contributed by atoms with Crippen molar-refractivity contribution in [2.45, 2.75) is 83.5 Å². The summed E-state index contributed by atoms with van der Waals surface area (Å²) in [6, 6.07) is 0.171. The number of carbonyl (C=O) groups excluding carboxylic acids is 1. The van der Waals surface area contributed by atoms with Gasteiger partial charge in [-0.1, -0.05) is 25.1 Å². The van der Waals surface area contributed by atoms with E-state index in [1.165, 1.54) is 35.0 Å². The molecule has 5 nitrogen and oxygen atoms in total. The Hall–Kier alpha value is -1.34. The minimum absolute atomic E-state index is 0.0259. The molecule has 27 heavy (non-hydrogen) atoms. The molecule has 0 spiro atoms. The number of carbonyl (C=O) groups is 1. The van der Waals surface area contributed by atoms with Crippen molar-refractivity contribution in [2.24, 2.45) is 0 Å². The van der Waals surface area contributed by atoms with E-state index in [1.54, 1.807) is 11.3 Å². The van der Waals surface area contributed by atoms with Crippen LogP contribution in [-0.4, -0.2) is 27.3 Å². The smallest absolute Gasteiger partial charge is 0.263 e. The van der Waals surface area contributed by atoms with E-state index in [0.717, 1.165) is 35.9 Å². The summed E-state index contributed by atoms with van der Waals surface area (Å²) in [5, 5.41) is 4.39. The molecule has 2 aromatic rings. The highest BCUT2D eigenvalue weighted by Crippen LogP contribution is 2.34. The van der Waals surface area contributed by atoms with E-state index < -0.39 is 0 Å². The molecule has 0 saturated carbocycles. The van der Waals surface area contributed by atoms with Gasteiger partial charge in [-0.15, -0.1) is 11.3 Å². The lowest BCUT2D eigenvalue weighted by molar-refractivity contribution is -0.119. The molecule has 0 saturated heterocycles. The first-order valence-corrected chi connectivity index (χ1v) is 11.7. The van der Waals surface area contributed by atoms with Gasteiger partial charge in [-0.3, -0.25) is 14.2 Å². The van der Waals surface area contributed by atoms with E-state index in [4.69, 9.17) is 4.98 Å². The summed E-state index contributed by atoms with van der Waals surface area (Å²) < 4.78 is 1.81. The molecule has 2 heterocycles. The van der Waals surface area contributed by atoms with E-state index in [9.17, 15) is 9.59 Å². The summed E-state index contributed by atoms with van der Waals surface area (Å²) in [4.78, 5) is 32.5. The number of nitrogens with one attached hydrogen (secondary N) is 1. The van der Waals surface area contributed by atoms with Gasteiger partial charge in [0.05, 0.1) is 11.1 Å². The van der Waals surface area contributed by atoms with E-state index in [1.807, 2.05) is 18.4 Å². The zero-order valence-electron chi connectivity index (χ0n) is 16.6. The van der Waals surface area contributed by atoms with Gasteiger partial charge in [-0.05, 0) is 58.4 Å². The van der Waals surface area contributed by atoms with Crippen LogP contribution in [0.1, 0.15) is 69.9 Å². The maximum Gasteiger partial charge on any atom is 0.263 e. The lowest BCUT2D eigenvalue weighted by Crippen LogP contribution is -2.32. The fourth-order valence-electron chi connectivity index (χ4n) is 3.54. The predicted molar refractivity (Wildman–Crippen MR) is 114 cm³/mol. The number of nitrogens with zero attached hydrogens (tertiary/aromatic N) is 2. The average molecular weight is 408 g/mol. The number of thioether (sulfide) groups is 1. The molecule has 2 aromatic heterocycles. The van der Waals surface area contributed by atoms with Crippen LogP contribution in [0, 0.1) is 0 Å². The Morgan fingerprint density at radius 2 is 2.00 bits per heavy atom. The van der Waals surface area contributed by atoms with Crippen LogP contribution in [-0.2, 0) is 17.6 Å². The normalized spacial score (nSPS) is 15.6. The Morgan fingerprint density at radius 1 is 1.26 bits per heavy atom. The number of aryl methyl sites for hydroxylation is 2. The Balaban J connectivity index is 2.04. The number of aromatic nitrogens is 2. The molecule has 1 aliphatic carbocycles. The molecule has 7 heteroatoms. The molecule has 0 radical (unpaired) electrons. The molecule has 1 atom stereocenters. The Bertz CT molecular complexity index is 885. The zero-order valence-corrected chi connectivity index (χ0v) is 18.3. The molecule has 0 aliphatic heterocycles. The van der Waals surface area contributed by atoms with Gasteiger partial charge in [-0.2, -0.15) is 0 Å². The summed E-state index contributed by atoms with van der Waals surface area (Å²) in [5.74, 6) is 0.250. The first-order valence-electron chi connectivity index (χ1n) is 9.91. The van der Waals surface area contributed by atoms with Crippen LogP contribution in [0.3, 0.4) is 0 Å². The van der Waals surface area contributed by atoms with Crippen molar-refractivity contribution in [2.75, 3.05) is 5.75 Å². The molecule has 1 N–H and O–H groups in total. The minimum Gasteiger partial charge on any atom is -0.353 e. The quantitative estimate of drug-likeness (QED) is 0.440. The van der Waals surface area contributed by atoms with E-state index in [0.29, 0.717) is 5.16 Å². The highest BCUT2D eigenvalue weighted by Gasteiger charge is 2.23. The van der Waals surface area contributed by atoms with Crippen LogP contribution in [0.25, 0.3) is 10.2 Å². The minimum atomic E-state index is -0.0259. The van der Waals surface area contributed by atoms with Gasteiger partial charge >= 0.3 is 0 Å². The first kappa shape index (κ1) is 20.4. The lowest BCUT2D eigenvalue weighted by atomic mass is 10.1. The lowest BCUT2D eigenvalue weighted by Gasteiger charge is -2.18. The molecular weight excluding hydrogens is 378 g/mol. The molecule has 0 fully saturated rings. The van der Waals surface area contributed by atoms with Crippen LogP contribution in [0.5, 0.6) is 0 Å². The number of hydrogen-bond acceptors (Lipinski definition) is 5. The molecule has 3 rings (SSSR count). The van der Waals surface area contributed by atoms with Crippen molar-refractivity contribution in [1.29, 1.82) is 0 Å². The van der Waals surface area contributed by atoms with E-state index >= 15 is 0 Å². The molecule has 1 amide bonds. The number of fused-ring (bicyclic) bond motifs is 3. The maximum absolute atomic E-state index is 13.4. The number of thiophene rings is 1. The monoisotopic (exact) mass is 407 g/mol. The third-order valence-corrected chi connectivity index (χ3v) is 7.19. The van der Waals surface area contributed by atoms with Crippen LogP contribution >= 0.6 is 23.1 Å². The van der Waals surface area contributed by atoms with Crippen LogP contribution in [0.2, 0.25) is 0 Å². The fraction of sp³-hybridized carbons (Fsp3) is 0.650. The maximum atomic E-state index is 13.4. The fourth-order valence-corrected chi connectivity index (χ4v) is 5.75. The number of hydrogen-bond donors (Lipinski definition) is 1. The largest absolute Gasteiger partial charge is 0.353 e. The number of amides is 1.